The molecule has 0 aliphatic carbocycles. The number of hydrogen-bond acceptors (Lipinski definition) is 2. The Balaban J connectivity index is 2.41. The maximum absolute atomic E-state index is 11.0. The van der Waals surface area contributed by atoms with E-state index in [1.54, 1.807) is 18.9 Å². The summed E-state index contributed by atoms with van der Waals surface area (Å²) < 4.78 is 0. The maximum Gasteiger partial charge on any atom is 0.326 e. The zero-order chi connectivity index (χ0) is 13.3. The standard InChI is InChI=1S/C15H17NO2/c1-10-4-5-13-9-14(7-6-12(13)8-10)16(3)11(2)15(17)18/h4-9,11H,1-3H3,(H,17,18). The fourth-order valence-electron chi connectivity index (χ4n) is 1.96. The van der Waals surface area contributed by atoms with Crippen molar-refractivity contribution in [2.75, 3.05) is 11.9 Å². The Morgan fingerprint density at radius 1 is 1.17 bits per heavy atom. The van der Waals surface area contributed by atoms with E-state index in [0.717, 1.165) is 11.1 Å². The van der Waals surface area contributed by atoms with Crippen molar-refractivity contribution in [2.45, 2.75) is 19.9 Å². The van der Waals surface area contributed by atoms with Crippen LogP contribution < -0.4 is 4.90 Å². The zero-order valence-electron chi connectivity index (χ0n) is 10.8. The van der Waals surface area contributed by atoms with Gasteiger partial charge in [-0.2, -0.15) is 0 Å². The van der Waals surface area contributed by atoms with E-state index in [0.29, 0.717) is 0 Å². The average Bonchev–Trinajstić information content (AvgIpc) is 2.36. The van der Waals surface area contributed by atoms with Crippen molar-refractivity contribution in [3.63, 3.8) is 0 Å². The van der Waals surface area contributed by atoms with Crippen molar-refractivity contribution >= 4 is 22.4 Å². The number of anilines is 1. The Morgan fingerprint density at radius 2 is 1.78 bits per heavy atom. The highest BCUT2D eigenvalue weighted by Gasteiger charge is 2.17. The number of carbonyl (C=O) groups is 1. The van der Waals surface area contributed by atoms with Crippen molar-refractivity contribution in [1.82, 2.24) is 0 Å². The Morgan fingerprint density at radius 3 is 2.44 bits per heavy atom. The third-order valence-electron chi connectivity index (χ3n) is 3.32. The van der Waals surface area contributed by atoms with E-state index in [9.17, 15) is 4.79 Å². The average molecular weight is 243 g/mol. The molecule has 0 radical (unpaired) electrons. The molecule has 1 N–H and O–H groups in total. The van der Waals surface area contributed by atoms with Gasteiger partial charge in [0.25, 0.3) is 0 Å². The third kappa shape index (κ3) is 2.30. The highest BCUT2D eigenvalue weighted by atomic mass is 16.4. The van der Waals surface area contributed by atoms with Crippen molar-refractivity contribution in [3.05, 3.63) is 42.0 Å². The van der Waals surface area contributed by atoms with Gasteiger partial charge in [0.1, 0.15) is 6.04 Å². The minimum Gasteiger partial charge on any atom is -0.480 e. The highest BCUT2D eigenvalue weighted by Crippen LogP contribution is 2.23. The van der Waals surface area contributed by atoms with E-state index in [1.165, 1.54) is 10.9 Å². The second-order valence-electron chi connectivity index (χ2n) is 4.66. The first-order chi connectivity index (χ1) is 8.49. The number of aryl methyl sites for hydroxylation is 1. The molecular formula is C15H17NO2. The molecule has 1 atom stereocenters. The molecule has 0 saturated carbocycles. The summed E-state index contributed by atoms with van der Waals surface area (Å²) in [6, 6.07) is 11.7. The largest absolute Gasteiger partial charge is 0.480 e. The normalized spacial score (nSPS) is 12.4. The first-order valence-corrected chi connectivity index (χ1v) is 5.95. The monoisotopic (exact) mass is 243 g/mol. The van der Waals surface area contributed by atoms with Crippen molar-refractivity contribution < 1.29 is 9.90 Å². The van der Waals surface area contributed by atoms with Gasteiger partial charge in [-0.1, -0.05) is 29.8 Å². The molecule has 2 aromatic carbocycles. The smallest absolute Gasteiger partial charge is 0.326 e. The molecule has 0 spiro atoms. The van der Waals surface area contributed by atoms with Crippen LogP contribution in [0.3, 0.4) is 0 Å². The van der Waals surface area contributed by atoms with Gasteiger partial charge in [0, 0.05) is 12.7 Å². The second-order valence-corrected chi connectivity index (χ2v) is 4.66. The summed E-state index contributed by atoms with van der Waals surface area (Å²) in [7, 11) is 1.80. The molecule has 0 aliphatic heterocycles. The second kappa shape index (κ2) is 4.69. The van der Waals surface area contributed by atoms with Crippen LogP contribution in [0.25, 0.3) is 10.8 Å². The molecule has 0 aliphatic rings. The lowest BCUT2D eigenvalue weighted by Crippen LogP contribution is -2.35. The van der Waals surface area contributed by atoms with E-state index < -0.39 is 12.0 Å². The Bertz CT molecular complexity index is 592. The van der Waals surface area contributed by atoms with E-state index in [4.69, 9.17) is 5.11 Å². The predicted octanol–water partition coefficient (Wildman–Crippen LogP) is 3.06. The predicted molar refractivity (Wildman–Crippen MR) is 74.2 cm³/mol. The number of carboxylic acids is 1. The minimum atomic E-state index is -0.818. The molecule has 3 heteroatoms. The summed E-state index contributed by atoms with van der Waals surface area (Å²) in [6.45, 7) is 3.74. The lowest BCUT2D eigenvalue weighted by Gasteiger charge is -2.24. The molecule has 0 fully saturated rings. The lowest BCUT2D eigenvalue weighted by atomic mass is 10.1. The molecule has 0 bridgehead atoms. The highest BCUT2D eigenvalue weighted by molar-refractivity contribution is 5.87. The fraction of sp³-hybridized carbons (Fsp3) is 0.267. The van der Waals surface area contributed by atoms with Crippen LogP contribution >= 0.6 is 0 Å². The molecule has 1 unspecified atom stereocenters. The van der Waals surface area contributed by atoms with E-state index in [2.05, 4.69) is 25.1 Å². The summed E-state index contributed by atoms with van der Waals surface area (Å²) in [6.07, 6.45) is 0. The van der Waals surface area contributed by atoms with Crippen LogP contribution in [-0.2, 0) is 4.79 Å². The number of carboxylic acid groups (broad SMARTS) is 1. The molecule has 0 heterocycles. The third-order valence-corrected chi connectivity index (χ3v) is 3.32. The molecule has 94 valence electrons. The maximum atomic E-state index is 11.0. The van der Waals surface area contributed by atoms with Gasteiger partial charge >= 0.3 is 5.97 Å². The van der Waals surface area contributed by atoms with Gasteiger partial charge in [0.15, 0.2) is 0 Å². The van der Waals surface area contributed by atoms with Gasteiger partial charge in [-0.25, -0.2) is 4.79 Å². The Labute approximate surface area is 107 Å². The molecule has 0 aromatic heterocycles. The van der Waals surface area contributed by atoms with Crippen LogP contribution in [0.2, 0.25) is 0 Å². The summed E-state index contributed by atoms with van der Waals surface area (Å²) in [5.41, 5.74) is 2.14. The molecule has 0 saturated heterocycles. The van der Waals surface area contributed by atoms with Gasteiger partial charge in [-0.05, 0) is 36.8 Å². The first kappa shape index (κ1) is 12.4. The minimum absolute atomic E-state index is 0.534. The number of fused-ring (bicyclic) bond motifs is 1. The number of nitrogens with zero attached hydrogens (tertiary/aromatic N) is 1. The summed E-state index contributed by atoms with van der Waals surface area (Å²) in [4.78, 5) is 12.7. The van der Waals surface area contributed by atoms with Crippen LogP contribution in [0, 0.1) is 6.92 Å². The SMILES string of the molecule is Cc1ccc2cc(N(C)C(C)C(=O)O)ccc2c1. The van der Waals surface area contributed by atoms with Crippen LogP contribution in [0.15, 0.2) is 36.4 Å². The molecule has 2 rings (SSSR count). The van der Waals surface area contributed by atoms with Crippen molar-refractivity contribution in [2.24, 2.45) is 0 Å². The molecule has 0 amide bonds. The topological polar surface area (TPSA) is 40.5 Å². The number of benzene rings is 2. The number of hydrogen-bond donors (Lipinski definition) is 1. The van der Waals surface area contributed by atoms with Gasteiger partial charge in [-0.3, -0.25) is 0 Å². The van der Waals surface area contributed by atoms with Crippen LogP contribution in [0.4, 0.5) is 5.69 Å². The Hall–Kier alpha value is -2.03. The Kier molecular flexibility index (Phi) is 3.24. The van der Waals surface area contributed by atoms with Crippen LogP contribution in [0.1, 0.15) is 12.5 Å². The van der Waals surface area contributed by atoms with Crippen LogP contribution in [-0.4, -0.2) is 24.2 Å². The fourth-order valence-corrected chi connectivity index (χ4v) is 1.96. The summed E-state index contributed by atoms with van der Waals surface area (Å²) in [5, 5.41) is 11.3. The first-order valence-electron chi connectivity index (χ1n) is 5.95. The lowest BCUT2D eigenvalue weighted by molar-refractivity contribution is -0.138. The number of likely N-dealkylation sites (N-methyl/N-ethyl adjacent to an activating group) is 1. The van der Waals surface area contributed by atoms with Crippen LogP contribution in [0.5, 0.6) is 0 Å². The van der Waals surface area contributed by atoms with Crippen molar-refractivity contribution in [3.8, 4) is 0 Å². The number of rotatable bonds is 3. The van der Waals surface area contributed by atoms with E-state index >= 15 is 0 Å². The molecular weight excluding hydrogens is 226 g/mol. The quantitative estimate of drug-likeness (QED) is 0.900. The number of aliphatic carboxylic acids is 1. The van der Waals surface area contributed by atoms with Crippen molar-refractivity contribution in [1.29, 1.82) is 0 Å². The van der Waals surface area contributed by atoms with E-state index in [1.807, 2.05) is 18.2 Å². The summed E-state index contributed by atoms with van der Waals surface area (Å²) in [5.74, 6) is -0.818. The van der Waals surface area contributed by atoms with Gasteiger partial charge in [0.05, 0.1) is 0 Å². The zero-order valence-corrected chi connectivity index (χ0v) is 10.8. The molecule has 2 aromatic rings. The summed E-state index contributed by atoms with van der Waals surface area (Å²) >= 11 is 0. The van der Waals surface area contributed by atoms with Gasteiger partial charge in [0.2, 0.25) is 0 Å². The molecule has 3 nitrogen and oxygen atoms in total. The van der Waals surface area contributed by atoms with Gasteiger partial charge in [-0.15, -0.1) is 0 Å². The van der Waals surface area contributed by atoms with Gasteiger partial charge < -0.3 is 10.0 Å². The molecule has 18 heavy (non-hydrogen) atoms. The van der Waals surface area contributed by atoms with E-state index in [-0.39, 0.29) is 0 Å².